The van der Waals surface area contributed by atoms with Crippen LogP contribution in [0.25, 0.3) is 0 Å². The average Bonchev–Trinajstić information content (AvgIpc) is 2.79. The highest BCUT2D eigenvalue weighted by molar-refractivity contribution is 5.51. The van der Waals surface area contributed by atoms with E-state index in [1.54, 1.807) is 36.4 Å². The van der Waals surface area contributed by atoms with Crippen molar-refractivity contribution in [2.75, 3.05) is 0 Å². The van der Waals surface area contributed by atoms with Crippen molar-refractivity contribution >= 4 is 0 Å². The molecule has 5 nitrogen and oxygen atoms in total. The maximum Gasteiger partial charge on any atom is 0.169 e. The van der Waals surface area contributed by atoms with E-state index in [2.05, 4.69) is 0 Å². The molecule has 0 aliphatic heterocycles. The minimum Gasteiger partial charge on any atom is -0.508 e. The van der Waals surface area contributed by atoms with Crippen LogP contribution in [0.3, 0.4) is 0 Å². The van der Waals surface area contributed by atoms with Crippen molar-refractivity contribution in [3.63, 3.8) is 0 Å². The van der Waals surface area contributed by atoms with Gasteiger partial charge in [-0.1, -0.05) is 36.4 Å². The zero-order chi connectivity index (χ0) is 23.2. The summed E-state index contributed by atoms with van der Waals surface area (Å²) in [5.41, 5.74) is 3.71. The molecule has 0 fully saturated rings. The van der Waals surface area contributed by atoms with Crippen molar-refractivity contribution in [2.45, 2.75) is 25.7 Å². The molecule has 33 heavy (non-hydrogen) atoms. The van der Waals surface area contributed by atoms with Crippen LogP contribution in [0.15, 0.2) is 84.9 Å². The molecule has 4 N–H and O–H groups in total. The molecule has 5 heteroatoms. The molecule has 0 spiro atoms. The predicted molar refractivity (Wildman–Crippen MR) is 127 cm³/mol. The molecule has 0 saturated carbocycles. The van der Waals surface area contributed by atoms with E-state index in [0.29, 0.717) is 24.2 Å². The Morgan fingerprint density at radius 3 is 1.67 bits per heavy atom. The van der Waals surface area contributed by atoms with Gasteiger partial charge >= 0.3 is 0 Å². The first-order valence-electron chi connectivity index (χ1n) is 10.8. The van der Waals surface area contributed by atoms with Crippen LogP contribution in [0, 0.1) is 0 Å². The van der Waals surface area contributed by atoms with Crippen LogP contribution in [0.1, 0.15) is 22.3 Å². The zero-order valence-corrected chi connectivity index (χ0v) is 18.1. The summed E-state index contributed by atoms with van der Waals surface area (Å²) in [5, 5.41) is 39.8. The number of aromatic hydroxyl groups is 4. The Morgan fingerprint density at radius 1 is 0.515 bits per heavy atom. The molecule has 168 valence electrons. The van der Waals surface area contributed by atoms with Gasteiger partial charge in [0.2, 0.25) is 0 Å². The Morgan fingerprint density at radius 2 is 1.06 bits per heavy atom. The predicted octanol–water partition coefficient (Wildman–Crippen LogP) is 5.87. The van der Waals surface area contributed by atoms with Crippen LogP contribution >= 0.6 is 0 Å². The molecule has 0 unspecified atom stereocenters. The fourth-order valence-electron chi connectivity index (χ4n) is 3.76. The number of phenols is 4. The van der Waals surface area contributed by atoms with Crippen LogP contribution in [-0.4, -0.2) is 20.4 Å². The fourth-order valence-corrected chi connectivity index (χ4v) is 3.76. The van der Waals surface area contributed by atoms with E-state index < -0.39 is 0 Å². The van der Waals surface area contributed by atoms with E-state index in [1.165, 1.54) is 6.07 Å². The van der Waals surface area contributed by atoms with Crippen LogP contribution in [0.4, 0.5) is 0 Å². The van der Waals surface area contributed by atoms with Crippen molar-refractivity contribution in [3.8, 4) is 34.5 Å². The molecule has 0 atom stereocenters. The van der Waals surface area contributed by atoms with Gasteiger partial charge in [-0.15, -0.1) is 0 Å². The molecule has 0 aromatic heterocycles. The van der Waals surface area contributed by atoms with Crippen LogP contribution < -0.4 is 4.74 Å². The zero-order valence-electron chi connectivity index (χ0n) is 18.1. The van der Waals surface area contributed by atoms with Gasteiger partial charge < -0.3 is 25.2 Å². The van der Waals surface area contributed by atoms with Crippen LogP contribution in [0.5, 0.6) is 34.5 Å². The smallest absolute Gasteiger partial charge is 0.169 e. The summed E-state index contributed by atoms with van der Waals surface area (Å²) in [6.07, 6.45) is 2.70. The molecular weight excluding hydrogens is 416 g/mol. The van der Waals surface area contributed by atoms with Gasteiger partial charge in [-0.3, -0.25) is 0 Å². The summed E-state index contributed by atoms with van der Waals surface area (Å²) < 4.78 is 5.95. The fraction of sp³-hybridized carbons (Fsp3) is 0.143. The Bertz CT molecular complexity index is 1250. The lowest BCUT2D eigenvalue weighted by Gasteiger charge is -2.13. The van der Waals surface area contributed by atoms with E-state index >= 15 is 0 Å². The second-order valence-corrected chi connectivity index (χ2v) is 8.04. The van der Waals surface area contributed by atoms with E-state index in [0.717, 1.165) is 29.5 Å². The van der Waals surface area contributed by atoms with Crippen molar-refractivity contribution in [3.05, 3.63) is 107 Å². The molecule has 4 aromatic rings. The van der Waals surface area contributed by atoms with Crippen molar-refractivity contribution in [2.24, 2.45) is 0 Å². The third-order valence-electron chi connectivity index (χ3n) is 5.49. The summed E-state index contributed by atoms with van der Waals surface area (Å²) in [5.74, 6) is 1.17. The summed E-state index contributed by atoms with van der Waals surface area (Å²) >= 11 is 0. The normalized spacial score (nSPS) is 10.8. The number of ether oxygens (including phenoxy) is 1. The van der Waals surface area contributed by atoms with Gasteiger partial charge in [-0.2, -0.15) is 0 Å². The Labute approximate surface area is 192 Å². The highest BCUT2D eigenvalue weighted by Crippen LogP contribution is 2.37. The van der Waals surface area contributed by atoms with Gasteiger partial charge in [0.15, 0.2) is 11.5 Å². The Balaban J connectivity index is 1.45. The van der Waals surface area contributed by atoms with Crippen LogP contribution in [-0.2, 0) is 25.7 Å². The number of rotatable bonds is 8. The molecule has 0 aliphatic carbocycles. The molecular formula is C28H26O5. The third-order valence-corrected chi connectivity index (χ3v) is 5.49. The second-order valence-electron chi connectivity index (χ2n) is 8.04. The van der Waals surface area contributed by atoms with Gasteiger partial charge in [-0.05, 0) is 90.4 Å². The van der Waals surface area contributed by atoms with Gasteiger partial charge in [-0.25, -0.2) is 0 Å². The van der Waals surface area contributed by atoms with Gasteiger partial charge in [0.05, 0.1) is 0 Å². The highest BCUT2D eigenvalue weighted by atomic mass is 16.5. The second kappa shape index (κ2) is 10.0. The monoisotopic (exact) mass is 442 g/mol. The highest BCUT2D eigenvalue weighted by Gasteiger charge is 2.12. The Hall–Kier alpha value is -4.12. The largest absolute Gasteiger partial charge is 0.508 e. The number of aryl methyl sites for hydroxylation is 4. The SMILES string of the molecule is Oc1cccc(CCc2cccc(Oc3cc(CCc4cccc(O)c4)c(O)cc3O)c2)c1. The average molecular weight is 443 g/mol. The molecule has 0 amide bonds. The van der Waals surface area contributed by atoms with E-state index in [9.17, 15) is 20.4 Å². The minimum absolute atomic E-state index is 0.000123. The van der Waals surface area contributed by atoms with Crippen LogP contribution in [0.2, 0.25) is 0 Å². The first-order chi connectivity index (χ1) is 16.0. The van der Waals surface area contributed by atoms with Crippen molar-refractivity contribution in [1.29, 1.82) is 0 Å². The molecule has 0 radical (unpaired) electrons. The third kappa shape index (κ3) is 5.98. The molecule has 0 bridgehead atoms. The molecule has 0 saturated heterocycles. The number of phenolic OH excluding ortho intramolecular Hbond substituents is 4. The number of hydrogen-bond acceptors (Lipinski definition) is 5. The lowest BCUT2D eigenvalue weighted by atomic mass is 10.0. The number of hydrogen-bond donors (Lipinski definition) is 4. The minimum atomic E-state index is -0.140. The molecule has 4 aromatic carbocycles. The maximum absolute atomic E-state index is 10.3. The topological polar surface area (TPSA) is 90.2 Å². The van der Waals surface area contributed by atoms with Crippen molar-refractivity contribution < 1.29 is 25.2 Å². The van der Waals surface area contributed by atoms with Gasteiger partial charge in [0.25, 0.3) is 0 Å². The van der Waals surface area contributed by atoms with Gasteiger partial charge in [0, 0.05) is 6.07 Å². The van der Waals surface area contributed by atoms with Crippen molar-refractivity contribution in [1.82, 2.24) is 0 Å². The first-order valence-corrected chi connectivity index (χ1v) is 10.8. The molecule has 4 rings (SSSR count). The summed E-state index contributed by atoms with van der Waals surface area (Å²) in [7, 11) is 0. The summed E-state index contributed by atoms with van der Waals surface area (Å²) in [6.45, 7) is 0. The first kappa shape index (κ1) is 22.1. The molecule has 0 heterocycles. The van der Waals surface area contributed by atoms with E-state index in [-0.39, 0.29) is 28.7 Å². The Kier molecular flexibility index (Phi) is 6.69. The molecule has 0 aliphatic rings. The quantitative estimate of drug-likeness (QED) is 0.274. The summed E-state index contributed by atoms with van der Waals surface area (Å²) in [4.78, 5) is 0. The van der Waals surface area contributed by atoms with E-state index in [4.69, 9.17) is 4.74 Å². The van der Waals surface area contributed by atoms with E-state index in [1.807, 2.05) is 42.5 Å². The van der Waals surface area contributed by atoms with Gasteiger partial charge in [0.1, 0.15) is 23.0 Å². The number of benzene rings is 4. The lowest BCUT2D eigenvalue weighted by Crippen LogP contribution is -1.95. The summed E-state index contributed by atoms with van der Waals surface area (Å²) in [6, 6.07) is 24.8. The maximum atomic E-state index is 10.3. The standard InChI is InChI=1S/C28H26O5/c29-23-7-1-4-19(14-23)10-11-21-6-3-9-25(16-21)33-28-17-22(26(31)18-27(28)32)13-12-20-5-2-8-24(30)15-20/h1-9,14-18,29-32H,10-13H2. The lowest BCUT2D eigenvalue weighted by molar-refractivity contribution is 0.401.